The third-order valence-electron chi connectivity index (χ3n) is 4.94. The highest BCUT2D eigenvalue weighted by Crippen LogP contribution is 2.47. The van der Waals surface area contributed by atoms with Gasteiger partial charge in [0.15, 0.2) is 11.5 Å². The maximum atomic E-state index is 12.5. The molecule has 6 nitrogen and oxygen atoms in total. The molecule has 0 aromatic heterocycles. The van der Waals surface area contributed by atoms with Crippen LogP contribution < -0.4 is 9.47 Å². The third kappa shape index (κ3) is 3.44. The zero-order chi connectivity index (χ0) is 18.9. The summed E-state index contributed by atoms with van der Waals surface area (Å²) in [7, 11) is 2.98. The molecule has 0 bridgehead atoms. The lowest BCUT2D eigenvalue weighted by atomic mass is 9.60. The van der Waals surface area contributed by atoms with Crippen LogP contribution in [0.3, 0.4) is 0 Å². The van der Waals surface area contributed by atoms with Gasteiger partial charge >= 0.3 is 0 Å². The van der Waals surface area contributed by atoms with Crippen molar-refractivity contribution in [1.29, 1.82) is 0 Å². The second kappa shape index (κ2) is 6.96. The summed E-state index contributed by atoms with van der Waals surface area (Å²) in [5.41, 5.74) is -0.918. The predicted octanol–water partition coefficient (Wildman–Crippen LogP) is 1.92. The minimum absolute atomic E-state index is 0.217. The van der Waals surface area contributed by atoms with E-state index in [1.807, 2.05) is 0 Å². The highest BCUT2D eigenvalue weighted by Gasteiger charge is 2.53. The van der Waals surface area contributed by atoms with Gasteiger partial charge in [-0.05, 0) is 38.5 Å². The maximum absolute atomic E-state index is 12.5. The van der Waals surface area contributed by atoms with Gasteiger partial charge < -0.3 is 14.6 Å². The van der Waals surface area contributed by atoms with Crippen molar-refractivity contribution in [1.82, 2.24) is 0 Å². The van der Waals surface area contributed by atoms with Crippen molar-refractivity contribution in [2.75, 3.05) is 14.2 Å². The van der Waals surface area contributed by atoms with Crippen LogP contribution >= 0.6 is 0 Å². The standard InChI is InChI=1S/C19H24O6/c1-10(20)16-13(22)9-19(3,23)18(11(2)21)17(16)12-6-7-14(24-4)15(8-12)25-5/h6-8,16-18,23H,9H2,1-5H3/t16-,17+,18-,19-/m1/s1. The molecule has 1 N–H and O–H groups in total. The van der Waals surface area contributed by atoms with Crippen LogP contribution in [0.2, 0.25) is 0 Å². The number of hydrogen-bond donors (Lipinski definition) is 1. The lowest BCUT2D eigenvalue weighted by Crippen LogP contribution is -2.53. The van der Waals surface area contributed by atoms with Gasteiger partial charge in [0.25, 0.3) is 0 Å². The van der Waals surface area contributed by atoms with Crippen LogP contribution in [0.25, 0.3) is 0 Å². The Hall–Kier alpha value is -2.21. The smallest absolute Gasteiger partial charge is 0.160 e. The zero-order valence-electron chi connectivity index (χ0n) is 15.2. The topological polar surface area (TPSA) is 89.9 Å². The van der Waals surface area contributed by atoms with Crippen molar-refractivity contribution in [3.05, 3.63) is 23.8 Å². The van der Waals surface area contributed by atoms with E-state index in [4.69, 9.17) is 9.47 Å². The zero-order valence-corrected chi connectivity index (χ0v) is 15.2. The number of carbonyl (C=O) groups excluding carboxylic acids is 3. The van der Waals surface area contributed by atoms with Gasteiger partial charge in [0.1, 0.15) is 17.3 Å². The molecule has 1 aliphatic carbocycles. The molecule has 2 rings (SSSR count). The van der Waals surface area contributed by atoms with E-state index in [2.05, 4.69) is 0 Å². The Bertz CT molecular complexity index is 706. The number of methoxy groups -OCH3 is 2. The van der Waals surface area contributed by atoms with Crippen molar-refractivity contribution in [3.8, 4) is 11.5 Å². The summed E-state index contributed by atoms with van der Waals surface area (Å²) in [5.74, 6) is -2.57. The average molecular weight is 348 g/mol. The van der Waals surface area contributed by atoms with Crippen LogP contribution in [-0.2, 0) is 14.4 Å². The molecule has 0 amide bonds. The molecule has 1 fully saturated rings. The number of benzene rings is 1. The summed E-state index contributed by atoms with van der Waals surface area (Å²) in [6, 6.07) is 5.02. The Balaban J connectivity index is 2.66. The summed E-state index contributed by atoms with van der Waals surface area (Å²) in [4.78, 5) is 37.0. The van der Waals surface area contributed by atoms with Crippen LogP contribution in [-0.4, -0.2) is 42.3 Å². The Morgan fingerprint density at radius 1 is 1.12 bits per heavy atom. The average Bonchev–Trinajstić information content (AvgIpc) is 2.51. The van der Waals surface area contributed by atoms with E-state index in [-0.39, 0.29) is 23.8 Å². The van der Waals surface area contributed by atoms with Gasteiger partial charge in [0.05, 0.1) is 31.7 Å². The van der Waals surface area contributed by atoms with E-state index in [0.29, 0.717) is 17.1 Å². The number of aliphatic hydroxyl groups is 1. The first-order valence-electron chi connectivity index (χ1n) is 8.12. The molecule has 0 aliphatic heterocycles. The summed E-state index contributed by atoms with van der Waals surface area (Å²) in [6.07, 6.45) is -0.217. The van der Waals surface area contributed by atoms with Gasteiger partial charge in [-0.15, -0.1) is 0 Å². The predicted molar refractivity (Wildman–Crippen MR) is 90.9 cm³/mol. The highest BCUT2D eigenvalue weighted by molar-refractivity contribution is 6.05. The molecule has 1 aromatic carbocycles. The molecule has 1 aliphatic rings. The van der Waals surface area contributed by atoms with Gasteiger partial charge in [-0.1, -0.05) is 6.07 Å². The van der Waals surface area contributed by atoms with Crippen molar-refractivity contribution in [2.24, 2.45) is 11.8 Å². The normalized spacial score (nSPS) is 29.2. The SMILES string of the molecule is COc1ccc([C@H]2[C@H](C(C)=O)C(=O)C[C@@](C)(O)[C@@H]2C(C)=O)cc1OC. The van der Waals surface area contributed by atoms with E-state index in [1.165, 1.54) is 35.0 Å². The summed E-state index contributed by atoms with van der Waals surface area (Å²) in [6.45, 7) is 4.19. The van der Waals surface area contributed by atoms with Crippen LogP contribution in [0.1, 0.15) is 38.7 Å². The Kier molecular flexibility index (Phi) is 5.32. The fourth-order valence-corrected chi connectivity index (χ4v) is 3.97. The van der Waals surface area contributed by atoms with Crippen LogP contribution in [0, 0.1) is 11.8 Å². The minimum Gasteiger partial charge on any atom is -0.493 e. The number of ketones is 3. The molecule has 0 unspecified atom stereocenters. The molecule has 6 heteroatoms. The molecule has 1 saturated carbocycles. The summed E-state index contributed by atoms with van der Waals surface area (Å²) < 4.78 is 10.5. The molecule has 4 atom stereocenters. The van der Waals surface area contributed by atoms with Crippen LogP contribution in [0.15, 0.2) is 18.2 Å². The second-order valence-corrected chi connectivity index (χ2v) is 6.82. The van der Waals surface area contributed by atoms with E-state index in [1.54, 1.807) is 18.2 Å². The molecule has 0 heterocycles. The second-order valence-electron chi connectivity index (χ2n) is 6.82. The monoisotopic (exact) mass is 348 g/mol. The van der Waals surface area contributed by atoms with Crippen LogP contribution in [0.5, 0.6) is 11.5 Å². The van der Waals surface area contributed by atoms with Gasteiger partial charge in [-0.3, -0.25) is 14.4 Å². The molecule has 0 spiro atoms. The van der Waals surface area contributed by atoms with E-state index < -0.39 is 23.4 Å². The molecular formula is C19H24O6. The van der Waals surface area contributed by atoms with Crippen LogP contribution in [0.4, 0.5) is 0 Å². The summed E-state index contributed by atoms with van der Waals surface area (Å²) in [5, 5.41) is 10.7. The van der Waals surface area contributed by atoms with Crippen molar-refractivity contribution in [3.63, 3.8) is 0 Å². The number of carbonyl (C=O) groups is 3. The number of hydrogen-bond acceptors (Lipinski definition) is 6. The largest absolute Gasteiger partial charge is 0.493 e. The number of Topliss-reactive ketones (excluding diaryl/α,β-unsaturated/α-hetero) is 3. The number of ether oxygens (including phenoxy) is 2. The van der Waals surface area contributed by atoms with Crippen molar-refractivity contribution >= 4 is 17.3 Å². The van der Waals surface area contributed by atoms with E-state index >= 15 is 0 Å². The lowest BCUT2D eigenvalue weighted by molar-refractivity contribution is -0.151. The van der Waals surface area contributed by atoms with E-state index in [9.17, 15) is 19.5 Å². The fraction of sp³-hybridized carbons (Fsp3) is 0.526. The molecular weight excluding hydrogens is 324 g/mol. The Morgan fingerprint density at radius 2 is 1.72 bits per heavy atom. The third-order valence-corrected chi connectivity index (χ3v) is 4.94. The molecule has 25 heavy (non-hydrogen) atoms. The quantitative estimate of drug-likeness (QED) is 0.818. The molecule has 1 aromatic rings. The first kappa shape index (κ1) is 19.1. The van der Waals surface area contributed by atoms with Crippen molar-refractivity contribution < 1.29 is 29.0 Å². The summed E-state index contributed by atoms with van der Waals surface area (Å²) >= 11 is 0. The van der Waals surface area contributed by atoms with Gasteiger partial charge in [-0.25, -0.2) is 0 Å². The van der Waals surface area contributed by atoms with Crippen molar-refractivity contribution in [2.45, 2.75) is 38.7 Å². The maximum Gasteiger partial charge on any atom is 0.160 e. The number of rotatable bonds is 5. The molecule has 0 radical (unpaired) electrons. The van der Waals surface area contributed by atoms with E-state index in [0.717, 1.165) is 0 Å². The Morgan fingerprint density at radius 3 is 2.20 bits per heavy atom. The minimum atomic E-state index is -1.51. The van der Waals surface area contributed by atoms with Gasteiger partial charge in [0, 0.05) is 12.3 Å². The Labute approximate surface area is 147 Å². The van der Waals surface area contributed by atoms with Gasteiger partial charge in [-0.2, -0.15) is 0 Å². The molecule has 136 valence electrons. The lowest BCUT2D eigenvalue weighted by Gasteiger charge is -2.44. The highest BCUT2D eigenvalue weighted by atomic mass is 16.5. The van der Waals surface area contributed by atoms with Gasteiger partial charge in [0.2, 0.25) is 0 Å². The first-order valence-corrected chi connectivity index (χ1v) is 8.12. The fourth-order valence-electron chi connectivity index (χ4n) is 3.97. The first-order chi connectivity index (χ1) is 11.6. The molecule has 0 saturated heterocycles.